The van der Waals surface area contributed by atoms with E-state index in [1.807, 2.05) is 24.3 Å². The summed E-state index contributed by atoms with van der Waals surface area (Å²) >= 11 is 1.35. The molecule has 0 saturated carbocycles. The summed E-state index contributed by atoms with van der Waals surface area (Å²) in [6.45, 7) is 0. The van der Waals surface area contributed by atoms with Crippen LogP contribution < -0.4 is 14.8 Å². The molecule has 1 N–H and O–H groups in total. The Morgan fingerprint density at radius 1 is 1.07 bits per heavy atom. The molecule has 0 aliphatic rings. The van der Waals surface area contributed by atoms with E-state index in [-0.39, 0.29) is 11.4 Å². The van der Waals surface area contributed by atoms with Crippen LogP contribution in [0.3, 0.4) is 0 Å². The van der Waals surface area contributed by atoms with Gasteiger partial charge in [-0.1, -0.05) is 12.1 Å². The maximum Gasteiger partial charge on any atom is 0.573 e. The van der Waals surface area contributed by atoms with Crippen molar-refractivity contribution < 1.29 is 27.4 Å². The first-order valence-electron chi connectivity index (χ1n) is 8.07. The van der Waals surface area contributed by atoms with Crippen LogP contribution in [0.25, 0.3) is 0 Å². The lowest BCUT2D eigenvalue weighted by atomic mass is 10.1. The fourth-order valence-electron chi connectivity index (χ4n) is 2.35. The van der Waals surface area contributed by atoms with E-state index in [1.165, 1.54) is 23.5 Å². The Bertz CT molecular complexity index is 938. The van der Waals surface area contributed by atoms with Crippen molar-refractivity contribution in [2.24, 2.45) is 0 Å². The number of carbonyl (C=O) groups excluding carboxylic acids is 1. The molecule has 0 atom stereocenters. The number of halogens is 3. The highest BCUT2D eigenvalue weighted by molar-refractivity contribution is 7.09. The second-order valence-corrected chi connectivity index (χ2v) is 6.62. The van der Waals surface area contributed by atoms with E-state index in [4.69, 9.17) is 4.74 Å². The molecule has 0 bridgehead atoms. The first-order valence-corrected chi connectivity index (χ1v) is 8.95. The largest absolute Gasteiger partial charge is 0.573 e. The molecule has 9 heteroatoms. The summed E-state index contributed by atoms with van der Waals surface area (Å²) in [4.78, 5) is 16.6. The minimum Gasteiger partial charge on any atom is -0.497 e. The topological polar surface area (TPSA) is 60.5 Å². The van der Waals surface area contributed by atoms with Crippen molar-refractivity contribution in [1.82, 2.24) is 4.98 Å². The van der Waals surface area contributed by atoms with Gasteiger partial charge in [-0.2, -0.15) is 0 Å². The minimum absolute atomic E-state index is 0.240. The number of aromatic nitrogens is 1. The molecule has 3 aromatic rings. The van der Waals surface area contributed by atoms with Gasteiger partial charge in [0.15, 0.2) is 0 Å². The molecule has 0 unspecified atom stereocenters. The molecule has 28 heavy (non-hydrogen) atoms. The van der Waals surface area contributed by atoms with Gasteiger partial charge in [0.25, 0.3) is 5.91 Å². The zero-order valence-corrected chi connectivity index (χ0v) is 15.4. The average Bonchev–Trinajstić information content (AvgIpc) is 3.11. The van der Waals surface area contributed by atoms with E-state index in [0.717, 1.165) is 28.5 Å². The van der Waals surface area contributed by atoms with Crippen LogP contribution in [0.4, 0.5) is 18.9 Å². The van der Waals surface area contributed by atoms with Gasteiger partial charge < -0.3 is 14.8 Å². The molecule has 1 heterocycles. The number of hydrogen-bond acceptors (Lipinski definition) is 5. The molecular weight excluding hydrogens is 393 g/mol. The molecule has 0 aliphatic heterocycles. The number of rotatable bonds is 6. The van der Waals surface area contributed by atoms with Gasteiger partial charge in [0.05, 0.1) is 12.1 Å². The van der Waals surface area contributed by atoms with Crippen LogP contribution in [0.2, 0.25) is 0 Å². The summed E-state index contributed by atoms with van der Waals surface area (Å²) < 4.78 is 45.4. The number of methoxy groups -OCH3 is 1. The van der Waals surface area contributed by atoms with E-state index in [9.17, 15) is 18.0 Å². The molecule has 0 aliphatic carbocycles. The van der Waals surface area contributed by atoms with Crippen molar-refractivity contribution in [3.05, 3.63) is 70.2 Å². The van der Waals surface area contributed by atoms with E-state index in [2.05, 4.69) is 15.0 Å². The van der Waals surface area contributed by atoms with Crippen molar-refractivity contribution in [2.45, 2.75) is 12.8 Å². The number of nitrogens with zero attached hydrogens (tertiary/aromatic N) is 1. The standard InChI is InChI=1S/C19H15F3N2O3S/c1-26-14-6-2-12(3-7-14)10-17-24-16(11-28-17)18(25)23-13-4-8-15(9-5-13)27-19(20,21)22/h2-9,11H,10H2,1H3,(H,23,25). The Morgan fingerprint density at radius 3 is 2.32 bits per heavy atom. The molecule has 0 saturated heterocycles. The zero-order valence-electron chi connectivity index (χ0n) is 14.6. The second kappa shape index (κ2) is 8.30. The van der Waals surface area contributed by atoms with E-state index in [1.54, 1.807) is 12.5 Å². The third-order valence-electron chi connectivity index (χ3n) is 3.64. The average molecular weight is 408 g/mol. The summed E-state index contributed by atoms with van der Waals surface area (Å²) in [7, 11) is 1.59. The highest BCUT2D eigenvalue weighted by Crippen LogP contribution is 2.24. The van der Waals surface area contributed by atoms with Crippen molar-refractivity contribution in [2.75, 3.05) is 12.4 Å². The van der Waals surface area contributed by atoms with Crippen LogP contribution in [0, 0.1) is 0 Å². The summed E-state index contributed by atoms with van der Waals surface area (Å²) in [6.07, 6.45) is -4.18. The molecule has 146 valence electrons. The van der Waals surface area contributed by atoms with Crippen LogP contribution in [0.5, 0.6) is 11.5 Å². The third kappa shape index (κ3) is 5.46. The van der Waals surface area contributed by atoms with Crippen LogP contribution in [0.1, 0.15) is 21.1 Å². The summed E-state index contributed by atoms with van der Waals surface area (Å²) in [5.74, 6) is -0.0442. The lowest BCUT2D eigenvalue weighted by Gasteiger charge is -2.09. The number of amides is 1. The quantitative estimate of drug-likeness (QED) is 0.631. The zero-order chi connectivity index (χ0) is 20.1. The molecule has 5 nitrogen and oxygen atoms in total. The van der Waals surface area contributed by atoms with Crippen LogP contribution in [-0.2, 0) is 6.42 Å². The normalized spacial score (nSPS) is 11.1. The molecular formula is C19H15F3N2O3S. The summed E-state index contributed by atoms with van der Waals surface area (Å²) in [5.41, 5.74) is 1.61. The lowest BCUT2D eigenvalue weighted by molar-refractivity contribution is -0.274. The van der Waals surface area contributed by atoms with Crippen molar-refractivity contribution in [1.29, 1.82) is 0 Å². The van der Waals surface area contributed by atoms with Crippen LogP contribution in [0.15, 0.2) is 53.9 Å². The van der Waals surface area contributed by atoms with E-state index in [0.29, 0.717) is 12.1 Å². The Labute approximate surface area is 162 Å². The highest BCUT2D eigenvalue weighted by Gasteiger charge is 2.31. The van der Waals surface area contributed by atoms with Gasteiger partial charge in [-0.3, -0.25) is 4.79 Å². The van der Waals surface area contributed by atoms with E-state index >= 15 is 0 Å². The molecule has 1 amide bonds. The molecule has 2 aromatic carbocycles. The monoisotopic (exact) mass is 408 g/mol. The number of thiazole rings is 1. The van der Waals surface area contributed by atoms with Gasteiger partial charge in [0.2, 0.25) is 0 Å². The van der Waals surface area contributed by atoms with Crippen molar-refractivity contribution in [3.8, 4) is 11.5 Å². The number of alkyl halides is 3. The SMILES string of the molecule is COc1ccc(Cc2nc(C(=O)Nc3ccc(OC(F)(F)F)cc3)cs2)cc1. The van der Waals surface area contributed by atoms with Crippen molar-refractivity contribution >= 4 is 22.9 Å². The lowest BCUT2D eigenvalue weighted by Crippen LogP contribution is -2.17. The molecule has 0 fully saturated rings. The summed E-state index contributed by atoms with van der Waals surface area (Å²) in [6, 6.07) is 12.4. The number of ether oxygens (including phenoxy) is 2. The predicted molar refractivity (Wildman–Crippen MR) is 99.0 cm³/mol. The van der Waals surface area contributed by atoms with Gasteiger partial charge in [-0.25, -0.2) is 4.98 Å². The van der Waals surface area contributed by atoms with Gasteiger partial charge in [0.1, 0.15) is 17.2 Å². The molecule has 3 rings (SSSR count). The number of benzene rings is 2. The first kappa shape index (κ1) is 19.7. The maximum atomic E-state index is 12.3. The minimum atomic E-state index is -4.76. The van der Waals surface area contributed by atoms with Gasteiger partial charge >= 0.3 is 6.36 Å². The Balaban J connectivity index is 1.60. The second-order valence-electron chi connectivity index (χ2n) is 5.68. The predicted octanol–water partition coefficient (Wildman–Crippen LogP) is 4.89. The Hall–Kier alpha value is -3.07. The summed E-state index contributed by atoms with van der Waals surface area (Å²) in [5, 5.41) is 4.99. The number of carbonyl (C=O) groups is 1. The number of nitrogens with one attached hydrogen (secondary N) is 1. The van der Waals surface area contributed by atoms with Crippen molar-refractivity contribution in [3.63, 3.8) is 0 Å². The first-order chi connectivity index (χ1) is 13.3. The maximum absolute atomic E-state index is 12.3. The fourth-order valence-corrected chi connectivity index (χ4v) is 3.16. The molecule has 0 radical (unpaired) electrons. The van der Waals surface area contributed by atoms with Crippen LogP contribution >= 0.6 is 11.3 Å². The van der Waals surface area contributed by atoms with Gasteiger partial charge in [-0.05, 0) is 42.0 Å². The number of anilines is 1. The third-order valence-corrected chi connectivity index (χ3v) is 4.49. The fraction of sp³-hybridized carbons (Fsp3) is 0.158. The molecule has 0 spiro atoms. The smallest absolute Gasteiger partial charge is 0.497 e. The number of hydrogen-bond donors (Lipinski definition) is 1. The Morgan fingerprint density at radius 2 is 1.71 bits per heavy atom. The van der Waals surface area contributed by atoms with Crippen LogP contribution in [-0.4, -0.2) is 24.4 Å². The Kier molecular flexibility index (Phi) is 5.84. The van der Waals surface area contributed by atoms with Gasteiger partial charge in [-0.15, -0.1) is 24.5 Å². The van der Waals surface area contributed by atoms with E-state index < -0.39 is 12.3 Å². The van der Waals surface area contributed by atoms with Gasteiger partial charge in [0, 0.05) is 17.5 Å². The molecule has 1 aromatic heterocycles. The highest BCUT2D eigenvalue weighted by atomic mass is 32.1.